The van der Waals surface area contributed by atoms with Crippen molar-refractivity contribution < 1.29 is 19.0 Å². The first-order valence-electron chi connectivity index (χ1n) is 12.3. The molecule has 1 aliphatic heterocycles. The summed E-state index contributed by atoms with van der Waals surface area (Å²) in [4.78, 5) is 17.1. The minimum atomic E-state index is -0.527. The van der Waals surface area contributed by atoms with E-state index in [2.05, 4.69) is 4.99 Å². The lowest BCUT2D eigenvalue weighted by Crippen LogP contribution is -2.05. The molecule has 5 nitrogen and oxygen atoms in total. The Morgan fingerprint density at radius 1 is 0.868 bits per heavy atom. The first-order valence-corrected chi connectivity index (χ1v) is 12.7. The molecule has 4 aromatic carbocycles. The van der Waals surface area contributed by atoms with Gasteiger partial charge in [-0.05, 0) is 72.0 Å². The number of aryl methyl sites for hydroxylation is 1. The van der Waals surface area contributed by atoms with E-state index in [1.807, 2.05) is 92.7 Å². The molecule has 0 spiro atoms. The van der Waals surface area contributed by atoms with Crippen molar-refractivity contribution in [3.05, 3.63) is 124 Å². The maximum Gasteiger partial charge on any atom is 0.363 e. The molecule has 0 saturated heterocycles. The molecule has 38 heavy (non-hydrogen) atoms. The van der Waals surface area contributed by atoms with E-state index in [9.17, 15) is 4.79 Å². The maximum atomic E-state index is 12.6. The SMILES string of the molecule is CCOc1cc(/C=C2\N=C(c3ccc(-c4ccccc4)cc3)OC2=O)cc(Cl)c1OCc1ccccc1C. The van der Waals surface area contributed by atoms with Crippen molar-refractivity contribution in [2.45, 2.75) is 20.5 Å². The van der Waals surface area contributed by atoms with Gasteiger partial charge in [0.2, 0.25) is 5.90 Å². The zero-order valence-electron chi connectivity index (χ0n) is 21.1. The predicted molar refractivity (Wildman–Crippen MR) is 151 cm³/mol. The molecule has 4 aromatic rings. The summed E-state index contributed by atoms with van der Waals surface area (Å²) in [7, 11) is 0. The van der Waals surface area contributed by atoms with Crippen LogP contribution in [-0.4, -0.2) is 18.5 Å². The highest BCUT2D eigenvalue weighted by atomic mass is 35.5. The Kier molecular flexibility index (Phi) is 7.57. The van der Waals surface area contributed by atoms with Crippen molar-refractivity contribution in [1.29, 1.82) is 0 Å². The van der Waals surface area contributed by atoms with E-state index >= 15 is 0 Å². The third-order valence-electron chi connectivity index (χ3n) is 6.13. The number of rotatable bonds is 8. The number of aliphatic imine (C=N–C) groups is 1. The third-order valence-corrected chi connectivity index (χ3v) is 6.41. The van der Waals surface area contributed by atoms with Crippen LogP contribution in [0, 0.1) is 6.92 Å². The molecule has 190 valence electrons. The quantitative estimate of drug-likeness (QED) is 0.176. The molecule has 0 radical (unpaired) electrons. The number of halogens is 1. The van der Waals surface area contributed by atoms with Crippen LogP contribution >= 0.6 is 11.6 Å². The van der Waals surface area contributed by atoms with Crippen LogP contribution in [-0.2, 0) is 16.1 Å². The molecule has 6 heteroatoms. The van der Waals surface area contributed by atoms with Crippen LogP contribution in [0.25, 0.3) is 17.2 Å². The van der Waals surface area contributed by atoms with Gasteiger partial charge < -0.3 is 14.2 Å². The number of esters is 1. The van der Waals surface area contributed by atoms with E-state index in [4.69, 9.17) is 25.8 Å². The molecule has 0 amide bonds. The van der Waals surface area contributed by atoms with Gasteiger partial charge >= 0.3 is 5.97 Å². The lowest BCUT2D eigenvalue weighted by Gasteiger charge is -2.15. The maximum absolute atomic E-state index is 12.6. The van der Waals surface area contributed by atoms with Gasteiger partial charge in [0.1, 0.15) is 6.61 Å². The predicted octanol–water partition coefficient (Wildman–Crippen LogP) is 7.64. The summed E-state index contributed by atoms with van der Waals surface area (Å²) in [5.41, 5.74) is 5.92. The van der Waals surface area contributed by atoms with E-state index < -0.39 is 5.97 Å². The van der Waals surface area contributed by atoms with Gasteiger partial charge in [0.15, 0.2) is 17.2 Å². The Bertz CT molecular complexity index is 1530. The molecule has 0 atom stereocenters. The second-order valence-electron chi connectivity index (χ2n) is 8.76. The minimum Gasteiger partial charge on any atom is -0.490 e. The Hall–Kier alpha value is -4.35. The first-order chi connectivity index (χ1) is 18.5. The van der Waals surface area contributed by atoms with Gasteiger partial charge in [-0.25, -0.2) is 9.79 Å². The Morgan fingerprint density at radius 3 is 2.29 bits per heavy atom. The zero-order chi connectivity index (χ0) is 26.5. The highest BCUT2D eigenvalue weighted by molar-refractivity contribution is 6.32. The summed E-state index contributed by atoms with van der Waals surface area (Å²) in [6.45, 7) is 4.71. The number of benzene rings is 4. The van der Waals surface area contributed by atoms with Crippen LogP contribution < -0.4 is 9.47 Å². The highest BCUT2D eigenvalue weighted by Crippen LogP contribution is 2.38. The van der Waals surface area contributed by atoms with E-state index in [0.717, 1.165) is 27.8 Å². The summed E-state index contributed by atoms with van der Waals surface area (Å²) in [5, 5.41) is 0.378. The Balaban J connectivity index is 1.38. The van der Waals surface area contributed by atoms with Gasteiger partial charge in [-0.2, -0.15) is 0 Å². The van der Waals surface area contributed by atoms with Crippen molar-refractivity contribution in [2.75, 3.05) is 6.61 Å². The number of carbonyl (C=O) groups excluding carboxylic acids is 1. The zero-order valence-corrected chi connectivity index (χ0v) is 21.9. The lowest BCUT2D eigenvalue weighted by atomic mass is 10.0. The van der Waals surface area contributed by atoms with Gasteiger partial charge in [0, 0.05) is 5.56 Å². The normalized spacial score (nSPS) is 13.8. The van der Waals surface area contributed by atoms with Crippen LogP contribution in [0.15, 0.2) is 102 Å². The lowest BCUT2D eigenvalue weighted by molar-refractivity contribution is -0.129. The van der Waals surface area contributed by atoms with Crippen molar-refractivity contribution in [1.82, 2.24) is 0 Å². The van der Waals surface area contributed by atoms with Crippen molar-refractivity contribution in [2.24, 2.45) is 4.99 Å². The van der Waals surface area contributed by atoms with Crippen molar-refractivity contribution >= 4 is 29.5 Å². The number of nitrogens with zero attached hydrogens (tertiary/aromatic N) is 1. The van der Waals surface area contributed by atoms with Gasteiger partial charge in [0.05, 0.1) is 11.6 Å². The van der Waals surface area contributed by atoms with Crippen LogP contribution in [0.1, 0.15) is 29.2 Å². The molecule has 1 heterocycles. The van der Waals surface area contributed by atoms with E-state index in [1.54, 1.807) is 18.2 Å². The van der Waals surface area contributed by atoms with Crippen molar-refractivity contribution in [3.8, 4) is 22.6 Å². The fourth-order valence-electron chi connectivity index (χ4n) is 4.12. The van der Waals surface area contributed by atoms with Crippen LogP contribution in [0.4, 0.5) is 0 Å². The summed E-state index contributed by atoms with van der Waals surface area (Å²) in [6.07, 6.45) is 1.63. The van der Waals surface area contributed by atoms with E-state index in [1.165, 1.54) is 0 Å². The minimum absolute atomic E-state index is 0.180. The van der Waals surface area contributed by atoms with E-state index in [0.29, 0.717) is 35.3 Å². The molecular weight excluding hydrogens is 498 g/mol. The number of hydrogen-bond acceptors (Lipinski definition) is 5. The molecule has 0 fully saturated rings. The Labute approximate surface area is 227 Å². The molecule has 0 aromatic heterocycles. The number of ether oxygens (including phenoxy) is 3. The van der Waals surface area contributed by atoms with Crippen LogP contribution in [0.3, 0.4) is 0 Å². The largest absolute Gasteiger partial charge is 0.490 e. The summed E-state index contributed by atoms with van der Waals surface area (Å²) < 4.78 is 17.3. The van der Waals surface area contributed by atoms with Gasteiger partial charge in [-0.15, -0.1) is 0 Å². The Morgan fingerprint density at radius 2 is 1.55 bits per heavy atom. The molecular formula is C32H26ClNO4. The molecule has 0 bridgehead atoms. The number of carbonyl (C=O) groups is 1. The monoisotopic (exact) mass is 523 g/mol. The fraction of sp³-hybridized carbons (Fsp3) is 0.125. The number of hydrogen-bond donors (Lipinski definition) is 0. The van der Waals surface area contributed by atoms with Gasteiger partial charge in [0.25, 0.3) is 0 Å². The van der Waals surface area contributed by atoms with Crippen LogP contribution in [0.2, 0.25) is 5.02 Å². The number of cyclic esters (lactones) is 1. The average molecular weight is 524 g/mol. The molecule has 0 N–H and O–H groups in total. The first kappa shape index (κ1) is 25.3. The standard InChI is InChI=1S/C32H26ClNO4/c1-3-36-29-19-22(17-27(33)30(29)37-20-26-12-8-7-9-21(26)2)18-28-32(35)38-31(34-28)25-15-13-24(14-16-25)23-10-5-4-6-11-23/h4-19H,3,20H2,1-2H3/b28-18-. The van der Waals surface area contributed by atoms with Crippen molar-refractivity contribution in [3.63, 3.8) is 0 Å². The molecule has 0 unspecified atom stereocenters. The van der Waals surface area contributed by atoms with Crippen LogP contribution in [0.5, 0.6) is 11.5 Å². The summed E-state index contributed by atoms with van der Waals surface area (Å²) in [6, 6.07) is 29.3. The topological polar surface area (TPSA) is 57.1 Å². The second kappa shape index (κ2) is 11.4. The fourth-order valence-corrected chi connectivity index (χ4v) is 4.40. The highest BCUT2D eigenvalue weighted by Gasteiger charge is 2.24. The third kappa shape index (κ3) is 5.63. The summed E-state index contributed by atoms with van der Waals surface area (Å²) >= 11 is 6.60. The molecule has 5 rings (SSSR count). The smallest absolute Gasteiger partial charge is 0.363 e. The molecule has 1 aliphatic rings. The average Bonchev–Trinajstić information content (AvgIpc) is 3.29. The van der Waals surface area contributed by atoms with E-state index in [-0.39, 0.29) is 11.6 Å². The second-order valence-corrected chi connectivity index (χ2v) is 9.16. The van der Waals surface area contributed by atoms with Gasteiger partial charge in [-0.1, -0.05) is 78.3 Å². The molecule has 0 aliphatic carbocycles. The summed E-state index contributed by atoms with van der Waals surface area (Å²) in [5.74, 6) is 0.680. The molecule has 0 saturated carbocycles. The van der Waals surface area contributed by atoms with Gasteiger partial charge in [-0.3, -0.25) is 0 Å².